The van der Waals surface area contributed by atoms with E-state index in [4.69, 9.17) is 9.47 Å². The third-order valence-corrected chi connectivity index (χ3v) is 1.62. The molecule has 0 saturated heterocycles. The standard InChI is InChI=1S/C9H12O4/c1-3-12-9(11)7-4-6(2)5-8(10)13-7/h4,6H,3,5H2,1-2H3/t6-/m0/s1. The molecule has 4 heteroatoms. The van der Waals surface area contributed by atoms with Crippen molar-refractivity contribution in [2.24, 2.45) is 5.92 Å². The number of ether oxygens (including phenoxy) is 2. The molecule has 0 saturated carbocycles. The van der Waals surface area contributed by atoms with Crippen molar-refractivity contribution in [2.45, 2.75) is 20.3 Å². The Bertz CT molecular complexity index is 254. The summed E-state index contributed by atoms with van der Waals surface area (Å²) < 4.78 is 9.41. The minimum absolute atomic E-state index is 0.0191. The number of hydrogen-bond acceptors (Lipinski definition) is 4. The van der Waals surface area contributed by atoms with Gasteiger partial charge in [-0.05, 0) is 18.9 Å². The fourth-order valence-electron chi connectivity index (χ4n) is 1.09. The molecule has 0 spiro atoms. The van der Waals surface area contributed by atoms with Gasteiger partial charge in [0.15, 0.2) is 0 Å². The molecule has 72 valence electrons. The van der Waals surface area contributed by atoms with E-state index in [1.54, 1.807) is 13.0 Å². The van der Waals surface area contributed by atoms with Gasteiger partial charge in [-0.2, -0.15) is 0 Å². The van der Waals surface area contributed by atoms with Crippen LogP contribution in [0.25, 0.3) is 0 Å². The second kappa shape index (κ2) is 4.07. The van der Waals surface area contributed by atoms with E-state index in [1.165, 1.54) is 0 Å². The van der Waals surface area contributed by atoms with Gasteiger partial charge >= 0.3 is 11.9 Å². The molecule has 1 aliphatic rings. The Hall–Kier alpha value is -1.32. The molecule has 0 fully saturated rings. The Morgan fingerprint density at radius 3 is 3.00 bits per heavy atom. The summed E-state index contributed by atoms with van der Waals surface area (Å²) in [6, 6.07) is 0. The molecule has 0 unspecified atom stereocenters. The molecular weight excluding hydrogens is 172 g/mol. The van der Waals surface area contributed by atoms with Crippen molar-refractivity contribution >= 4 is 11.9 Å². The first-order valence-electron chi connectivity index (χ1n) is 4.23. The molecule has 0 aliphatic carbocycles. The largest absolute Gasteiger partial charge is 0.460 e. The number of hydrogen-bond donors (Lipinski definition) is 0. The van der Waals surface area contributed by atoms with E-state index < -0.39 is 5.97 Å². The van der Waals surface area contributed by atoms with Gasteiger partial charge in [-0.25, -0.2) is 4.79 Å². The van der Waals surface area contributed by atoms with Crippen LogP contribution in [0.15, 0.2) is 11.8 Å². The molecule has 0 bridgehead atoms. The van der Waals surface area contributed by atoms with Crippen molar-refractivity contribution in [3.8, 4) is 0 Å². The minimum Gasteiger partial charge on any atom is -0.460 e. The topological polar surface area (TPSA) is 52.6 Å². The molecule has 4 nitrogen and oxygen atoms in total. The van der Waals surface area contributed by atoms with Gasteiger partial charge in [0.1, 0.15) is 0 Å². The van der Waals surface area contributed by atoms with Crippen molar-refractivity contribution in [1.82, 2.24) is 0 Å². The van der Waals surface area contributed by atoms with Gasteiger partial charge in [0.05, 0.1) is 13.0 Å². The summed E-state index contributed by atoms with van der Waals surface area (Å²) in [6.45, 7) is 3.83. The van der Waals surface area contributed by atoms with Crippen LogP contribution >= 0.6 is 0 Å². The Labute approximate surface area is 76.5 Å². The zero-order valence-electron chi connectivity index (χ0n) is 7.70. The van der Waals surface area contributed by atoms with E-state index in [1.807, 2.05) is 6.92 Å². The summed E-state index contributed by atoms with van der Waals surface area (Å²) in [4.78, 5) is 22.0. The molecule has 0 aromatic carbocycles. The average molecular weight is 184 g/mol. The van der Waals surface area contributed by atoms with E-state index >= 15 is 0 Å². The SMILES string of the molecule is CCOC(=O)C1=C[C@H](C)CC(=O)O1. The molecule has 1 heterocycles. The Morgan fingerprint density at radius 2 is 2.46 bits per heavy atom. The number of allylic oxidation sites excluding steroid dienone is 1. The van der Waals surface area contributed by atoms with Crippen molar-refractivity contribution in [2.75, 3.05) is 6.61 Å². The highest BCUT2D eigenvalue weighted by Gasteiger charge is 2.23. The highest BCUT2D eigenvalue weighted by atomic mass is 16.6. The summed E-state index contributed by atoms with van der Waals surface area (Å²) in [6.07, 6.45) is 1.93. The van der Waals surface area contributed by atoms with Crippen LogP contribution in [0.5, 0.6) is 0 Å². The first kappa shape index (κ1) is 9.77. The van der Waals surface area contributed by atoms with Gasteiger partial charge in [0, 0.05) is 0 Å². The Balaban J connectivity index is 2.68. The van der Waals surface area contributed by atoms with E-state index in [0.29, 0.717) is 6.42 Å². The zero-order chi connectivity index (χ0) is 9.84. The smallest absolute Gasteiger partial charge is 0.374 e. The van der Waals surface area contributed by atoms with Crippen LogP contribution < -0.4 is 0 Å². The monoisotopic (exact) mass is 184 g/mol. The van der Waals surface area contributed by atoms with Crippen LogP contribution in [-0.2, 0) is 19.1 Å². The Morgan fingerprint density at radius 1 is 1.77 bits per heavy atom. The van der Waals surface area contributed by atoms with Crippen LogP contribution in [0.4, 0.5) is 0 Å². The molecule has 0 amide bonds. The number of rotatable bonds is 2. The fourth-order valence-corrected chi connectivity index (χ4v) is 1.09. The zero-order valence-corrected chi connectivity index (χ0v) is 7.70. The van der Waals surface area contributed by atoms with Gasteiger partial charge in [0.25, 0.3) is 0 Å². The summed E-state index contributed by atoms with van der Waals surface area (Å²) in [7, 11) is 0. The average Bonchev–Trinajstić information content (AvgIpc) is 2.03. The van der Waals surface area contributed by atoms with Crippen molar-refractivity contribution in [3.05, 3.63) is 11.8 Å². The second-order valence-electron chi connectivity index (χ2n) is 2.91. The van der Waals surface area contributed by atoms with Crippen LogP contribution in [0.3, 0.4) is 0 Å². The molecule has 13 heavy (non-hydrogen) atoms. The fraction of sp³-hybridized carbons (Fsp3) is 0.556. The lowest BCUT2D eigenvalue weighted by Crippen LogP contribution is -2.21. The number of carbonyl (C=O) groups excluding carboxylic acids is 2. The van der Waals surface area contributed by atoms with E-state index in [0.717, 1.165) is 0 Å². The Kier molecular flexibility index (Phi) is 3.06. The number of cyclic esters (lactones) is 1. The van der Waals surface area contributed by atoms with Gasteiger partial charge in [0.2, 0.25) is 5.76 Å². The third kappa shape index (κ3) is 2.57. The van der Waals surface area contributed by atoms with Crippen LogP contribution in [-0.4, -0.2) is 18.5 Å². The quantitative estimate of drug-likeness (QED) is 0.601. The maximum absolute atomic E-state index is 11.1. The lowest BCUT2D eigenvalue weighted by Gasteiger charge is -2.15. The first-order valence-corrected chi connectivity index (χ1v) is 4.23. The van der Waals surface area contributed by atoms with Crippen molar-refractivity contribution in [3.63, 3.8) is 0 Å². The lowest BCUT2D eigenvalue weighted by atomic mass is 10.1. The van der Waals surface area contributed by atoms with Crippen molar-refractivity contribution < 1.29 is 19.1 Å². The predicted octanol–water partition coefficient (Wildman–Crippen LogP) is 1.02. The summed E-state index contributed by atoms with van der Waals surface area (Å²) >= 11 is 0. The molecule has 0 N–H and O–H groups in total. The predicted molar refractivity (Wildman–Crippen MR) is 44.6 cm³/mol. The van der Waals surface area contributed by atoms with Gasteiger partial charge < -0.3 is 9.47 Å². The molecular formula is C9H12O4. The van der Waals surface area contributed by atoms with Crippen molar-refractivity contribution in [1.29, 1.82) is 0 Å². The normalized spacial score (nSPS) is 21.8. The second-order valence-corrected chi connectivity index (χ2v) is 2.91. The molecule has 0 aromatic heterocycles. The van der Waals surface area contributed by atoms with Gasteiger partial charge in [-0.15, -0.1) is 0 Å². The summed E-state index contributed by atoms with van der Waals surface area (Å²) in [5.41, 5.74) is 0. The van der Waals surface area contributed by atoms with Gasteiger partial charge in [-0.1, -0.05) is 6.92 Å². The molecule has 1 aliphatic heterocycles. The first-order chi connectivity index (χ1) is 6.13. The third-order valence-electron chi connectivity index (χ3n) is 1.62. The molecule has 1 atom stereocenters. The number of carbonyl (C=O) groups is 2. The maximum atomic E-state index is 11.1. The van der Waals surface area contributed by atoms with E-state index in [-0.39, 0.29) is 24.3 Å². The van der Waals surface area contributed by atoms with Crippen LogP contribution in [0.1, 0.15) is 20.3 Å². The lowest BCUT2D eigenvalue weighted by molar-refractivity contribution is -0.152. The number of esters is 2. The minimum atomic E-state index is -0.567. The van der Waals surface area contributed by atoms with E-state index in [2.05, 4.69) is 0 Å². The van der Waals surface area contributed by atoms with Gasteiger partial charge in [-0.3, -0.25) is 4.79 Å². The highest BCUT2D eigenvalue weighted by molar-refractivity contribution is 5.90. The van der Waals surface area contributed by atoms with Crippen LogP contribution in [0, 0.1) is 5.92 Å². The highest BCUT2D eigenvalue weighted by Crippen LogP contribution is 2.17. The summed E-state index contributed by atoms with van der Waals surface area (Å²) in [5.74, 6) is -0.883. The van der Waals surface area contributed by atoms with Crippen LogP contribution in [0.2, 0.25) is 0 Å². The molecule has 0 radical (unpaired) electrons. The maximum Gasteiger partial charge on any atom is 0.374 e. The molecule has 0 aromatic rings. The summed E-state index contributed by atoms with van der Waals surface area (Å²) in [5, 5.41) is 0. The van der Waals surface area contributed by atoms with E-state index in [9.17, 15) is 9.59 Å². The molecule has 1 rings (SSSR count).